The number of hydrogen-bond acceptors (Lipinski definition) is 4. The van der Waals surface area contributed by atoms with Crippen LogP contribution in [0.3, 0.4) is 0 Å². The lowest BCUT2D eigenvalue weighted by Crippen LogP contribution is -2.37. The molecule has 22 heavy (non-hydrogen) atoms. The third-order valence-corrected chi connectivity index (χ3v) is 6.07. The minimum Gasteiger partial charge on any atom is -0.362 e. The van der Waals surface area contributed by atoms with E-state index in [1.165, 1.54) is 69.5 Å². The van der Waals surface area contributed by atoms with Crippen molar-refractivity contribution >= 4 is 22.8 Å². The standard InChI is InChI=1S/C17H28N2O2S/c1-17(21-14-11-7-4-8-12-14)15(20)19-16(22-17)18-13-9-5-2-3-6-10-13/h13-14H,2-12H2,1H3,(H,18,19,20). The van der Waals surface area contributed by atoms with E-state index in [0.29, 0.717) is 6.04 Å². The highest BCUT2D eigenvalue weighted by Crippen LogP contribution is 2.38. The molecule has 4 nitrogen and oxygen atoms in total. The highest BCUT2D eigenvalue weighted by atomic mass is 32.2. The Balaban J connectivity index is 1.54. The molecule has 2 saturated carbocycles. The minimum absolute atomic E-state index is 0.126. The SMILES string of the molecule is CC1(OC2CCCCC2)SC(NC2CCCCCC2)=NC1=O. The first kappa shape index (κ1) is 16.3. The Morgan fingerprint density at radius 2 is 1.64 bits per heavy atom. The molecule has 1 atom stereocenters. The average Bonchev–Trinajstić information content (AvgIpc) is 2.69. The Labute approximate surface area is 137 Å². The molecule has 124 valence electrons. The molecule has 0 aromatic rings. The summed E-state index contributed by atoms with van der Waals surface area (Å²) in [5.74, 6) is -0.126. The summed E-state index contributed by atoms with van der Waals surface area (Å²) in [7, 11) is 0. The third-order valence-electron chi connectivity index (χ3n) is 5.01. The molecule has 0 radical (unpaired) electrons. The molecule has 0 aromatic carbocycles. The topological polar surface area (TPSA) is 50.7 Å². The molecule has 0 bridgehead atoms. The number of rotatable bonds is 3. The molecule has 0 saturated heterocycles. The summed E-state index contributed by atoms with van der Waals surface area (Å²) in [5, 5.41) is 4.27. The summed E-state index contributed by atoms with van der Waals surface area (Å²) in [5.41, 5.74) is 0. The molecule has 1 amide bonds. The van der Waals surface area contributed by atoms with Crippen LogP contribution < -0.4 is 5.32 Å². The molecule has 3 aliphatic rings. The molecule has 1 unspecified atom stereocenters. The van der Waals surface area contributed by atoms with E-state index >= 15 is 0 Å². The molecule has 1 heterocycles. The van der Waals surface area contributed by atoms with Crippen LogP contribution in [-0.4, -0.2) is 28.2 Å². The molecule has 0 aromatic heterocycles. The molecular weight excluding hydrogens is 296 g/mol. The fourth-order valence-corrected chi connectivity index (χ4v) is 4.72. The van der Waals surface area contributed by atoms with E-state index in [2.05, 4.69) is 10.3 Å². The number of thioether (sulfide) groups is 1. The molecule has 2 aliphatic carbocycles. The second-order valence-electron chi connectivity index (χ2n) is 6.98. The van der Waals surface area contributed by atoms with E-state index in [-0.39, 0.29) is 12.0 Å². The van der Waals surface area contributed by atoms with Gasteiger partial charge in [-0.25, -0.2) is 0 Å². The van der Waals surface area contributed by atoms with Crippen molar-refractivity contribution in [2.24, 2.45) is 4.99 Å². The number of nitrogens with one attached hydrogen (secondary N) is 1. The smallest absolute Gasteiger partial charge is 0.291 e. The van der Waals surface area contributed by atoms with Gasteiger partial charge in [-0.2, -0.15) is 4.99 Å². The predicted octanol–water partition coefficient (Wildman–Crippen LogP) is 3.99. The van der Waals surface area contributed by atoms with Crippen molar-refractivity contribution in [1.29, 1.82) is 0 Å². The van der Waals surface area contributed by atoms with E-state index in [0.717, 1.165) is 18.0 Å². The van der Waals surface area contributed by atoms with Gasteiger partial charge >= 0.3 is 0 Å². The molecular formula is C17H28N2O2S. The molecule has 1 aliphatic heterocycles. The van der Waals surface area contributed by atoms with Crippen LogP contribution in [0.25, 0.3) is 0 Å². The first-order valence-electron chi connectivity index (χ1n) is 8.92. The normalized spacial score (nSPS) is 31.9. The lowest BCUT2D eigenvalue weighted by molar-refractivity contribution is -0.136. The average molecular weight is 324 g/mol. The number of carbonyl (C=O) groups is 1. The Bertz CT molecular complexity index is 426. The number of nitrogens with zero attached hydrogens (tertiary/aromatic N) is 1. The summed E-state index contributed by atoms with van der Waals surface area (Å²) in [4.78, 5) is 15.7. The number of aliphatic imine (C=N–C) groups is 1. The maximum absolute atomic E-state index is 12.3. The van der Waals surface area contributed by atoms with E-state index in [4.69, 9.17) is 4.74 Å². The summed E-state index contributed by atoms with van der Waals surface area (Å²) in [6, 6.07) is 0.471. The maximum Gasteiger partial charge on any atom is 0.291 e. The summed E-state index contributed by atoms with van der Waals surface area (Å²) >= 11 is 1.48. The quantitative estimate of drug-likeness (QED) is 0.797. The first-order valence-corrected chi connectivity index (χ1v) is 9.74. The number of hydrogen-bond donors (Lipinski definition) is 1. The van der Waals surface area contributed by atoms with Crippen molar-refractivity contribution < 1.29 is 9.53 Å². The third kappa shape index (κ3) is 4.05. The van der Waals surface area contributed by atoms with E-state index in [9.17, 15) is 4.79 Å². The summed E-state index contributed by atoms with van der Waals surface area (Å²) in [6.07, 6.45) is 13.7. The van der Waals surface area contributed by atoms with Crippen LogP contribution in [0.5, 0.6) is 0 Å². The fourth-order valence-electron chi connectivity index (χ4n) is 3.68. The Kier molecular flexibility index (Phi) is 5.45. The minimum atomic E-state index is -0.810. The molecule has 3 rings (SSSR count). The zero-order valence-electron chi connectivity index (χ0n) is 13.6. The first-order chi connectivity index (χ1) is 10.7. The van der Waals surface area contributed by atoms with Crippen molar-refractivity contribution in [1.82, 2.24) is 5.32 Å². The van der Waals surface area contributed by atoms with Crippen molar-refractivity contribution in [3.63, 3.8) is 0 Å². The van der Waals surface area contributed by atoms with Crippen LogP contribution >= 0.6 is 11.8 Å². The van der Waals surface area contributed by atoms with Gasteiger partial charge in [0.15, 0.2) is 10.1 Å². The van der Waals surface area contributed by atoms with Gasteiger partial charge in [0, 0.05) is 6.04 Å². The van der Waals surface area contributed by atoms with Crippen molar-refractivity contribution in [3.05, 3.63) is 0 Å². The highest BCUT2D eigenvalue weighted by Gasteiger charge is 2.44. The lowest BCUT2D eigenvalue weighted by Gasteiger charge is -2.30. The maximum atomic E-state index is 12.3. The van der Waals surface area contributed by atoms with Crippen molar-refractivity contribution in [3.8, 4) is 0 Å². The summed E-state index contributed by atoms with van der Waals surface area (Å²) < 4.78 is 6.15. The van der Waals surface area contributed by atoms with Gasteiger partial charge in [0.2, 0.25) is 0 Å². The zero-order chi connectivity index (χ0) is 15.4. The van der Waals surface area contributed by atoms with Crippen LogP contribution in [0.15, 0.2) is 4.99 Å². The second kappa shape index (κ2) is 7.35. The largest absolute Gasteiger partial charge is 0.362 e. The Hall–Kier alpha value is -0.550. The second-order valence-corrected chi connectivity index (χ2v) is 8.35. The molecule has 2 fully saturated rings. The lowest BCUT2D eigenvalue weighted by atomic mass is 9.97. The van der Waals surface area contributed by atoms with Gasteiger partial charge in [-0.3, -0.25) is 4.79 Å². The van der Waals surface area contributed by atoms with Gasteiger partial charge < -0.3 is 10.1 Å². The van der Waals surface area contributed by atoms with E-state index < -0.39 is 4.93 Å². The Morgan fingerprint density at radius 3 is 2.32 bits per heavy atom. The number of carbonyl (C=O) groups excluding carboxylic acids is 1. The predicted molar refractivity (Wildman–Crippen MR) is 91.0 cm³/mol. The monoisotopic (exact) mass is 324 g/mol. The van der Waals surface area contributed by atoms with Gasteiger partial charge in [0.1, 0.15) is 0 Å². The van der Waals surface area contributed by atoms with Gasteiger partial charge in [0.25, 0.3) is 5.91 Å². The molecule has 0 spiro atoms. The van der Waals surface area contributed by atoms with Crippen LogP contribution in [0.2, 0.25) is 0 Å². The number of amides is 1. The molecule has 5 heteroatoms. The Morgan fingerprint density at radius 1 is 1.05 bits per heavy atom. The van der Waals surface area contributed by atoms with Crippen molar-refractivity contribution in [2.75, 3.05) is 0 Å². The highest BCUT2D eigenvalue weighted by molar-refractivity contribution is 8.16. The number of ether oxygens (including phenoxy) is 1. The van der Waals surface area contributed by atoms with Crippen LogP contribution in [-0.2, 0) is 9.53 Å². The number of amidine groups is 1. The van der Waals surface area contributed by atoms with Crippen molar-refractivity contribution in [2.45, 2.75) is 94.6 Å². The van der Waals surface area contributed by atoms with Gasteiger partial charge in [-0.15, -0.1) is 0 Å². The van der Waals surface area contributed by atoms with Gasteiger partial charge in [0.05, 0.1) is 6.10 Å². The van der Waals surface area contributed by atoms with Crippen LogP contribution in [0.1, 0.15) is 77.6 Å². The summed E-state index contributed by atoms with van der Waals surface area (Å²) in [6.45, 7) is 1.89. The fraction of sp³-hybridized carbons (Fsp3) is 0.882. The van der Waals surface area contributed by atoms with Gasteiger partial charge in [-0.05, 0) is 44.4 Å². The van der Waals surface area contributed by atoms with Crippen LogP contribution in [0, 0.1) is 0 Å². The van der Waals surface area contributed by atoms with E-state index in [1.54, 1.807) is 0 Å². The van der Waals surface area contributed by atoms with Crippen LogP contribution in [0.4, 0.5) is 0 Å². The zero-order valence-corrected chi connectivity index (χ0v) is 14.4. The molecule has 1 N–H and O–H groups in total. The van der Waals surface area contributed by atoms with Gasteiger partial charge in [-0.1, -0.05) is 44.9 Å². The van der Waals surface area contributed by atoms with E-state index in [1.807, 2.05) is 6.92 Å².